The summed E-state index contributed by atoms with van der Waals surface area (Å²) in [7, 11) is 1.61. The van der Waals surface area contributed by atoms with Gasteiger partial charge >= 0.3 is 0 Å². The number of benzene rings is 1. The van der Waals surface area contributed by atoms with E-state index in [1.807, 2.05) is 24.3 Å². The largest absolute Gasteiger partial charge is 0.495 e. The summed E-state index contributed by atoms with van der Waals surface area (Å²) in [6.07, 6.45) is 0. The van der Waals surface area contributed by atoms with E-state index in [1.54, 1.807) is 29.8 Å². The van der Waals surface area contributed by atoms with Gasteiger partial charge in [0.05, 0.1) is 22.6 Å². The first-order valence-corrected chi connectivity index (χ1v) is 9.81. The van der Waals surface area contributed by atoms with Gasteiger partial charge < -0.3 is 15.0 Å². The number of rotatable bonds is 8. The Labute approximate surface area is 155 Å². The van der Waals surface area contributed by atoms with E-state index in [4.69, 9.17) is 4.74 Å². The summed E-state index contributed by atoms with van der Waals surface area (Å²) in [5.41, 5.74) is 0.710. The van der Waals surface area contributed by atoms with Gasteiger partial charge in [-0.15, -0.1) is 22.7 Å². The van der Waals surface area contributed by atoms with Gasteiger partial charge in [-0.25, -0.2) is 0 Å². The van der Waals surface area contributed by atoms with Gasteiger partial charge in [0.2, 0.25) is 0 Å². The number of methoxy groups -OCH3 is 1. The summed E-state index contributed by atoms with van der Waals surface area (Å²) in [4.78, 5) is 16.4. The highest BCUT2D eigenvalue weighted by Crippen LogP contribution is 2.22. The van der Waals surface area contributed by atoms with E-state index in [0.29, 0.717) is 18.0 Å². The van der Waals surface area contributed by atoms with Gasteiger partial charge in [-0.2, -0.15) is 0 Å². The highest BCUT2D eigenvalue weighted by atomic mass is 32.1. The Morgan fingerprint density at radius 1 is 1.00 bits per heavy atom. The van der Waals surface area contributed by atoms with Crippen LogP contribution in [-0.4, -0.2) is 19.6 Å². The fourth-order valence-corrected chi connectivity index (χ4v) is 4.23. The minimum absolute atomic E-state index is 0.00684. The fourth-order valence-electron chi connectivity index (χ4n) is 2.68. The lowest BCUT2D eigenvalue weighted by Crippen LogP contribution is -3.10. The molecule has 0 radical (unpaired) electrons. The van der Waals surface area contributed by atoms with Gasteiger partial charge in [-0.1, -0.05) is 24.3 Å². The Morgan fingerprint density at radius 3 is 2.20 bits per heavy atom. The molecule has 0 saturated carbocycles. The molecule has 2 heterocycles. The van der Waals surface area contributed by atoms with Crippen molar-refractivity contribution in [2.24, 2.45) is 0 Å². The third-order valence-corrected chi connectivity index (χ3v) is 5.55. The van der Waals surface area contributed by atoms with Crippen molar-refractivity contribution in [1.29, 1.82) is 0 Å². The van der Waals surface area contributed by atoms with Crippen molar-refractivity contribution in [3.63, 3.8) is 0 Å². The molecule has 2 aromatic heterocycles. The summed E-state index contributed by atoms with van der Waals surface area (Å²) in [5.74, 6) is 0.668. The van der Waals surface area contributed by atoms with Crippen LogP contribution in [0.4, 0.5) is 5.69 Å². The van der Waals surface area contributed by atoms with Gasteiger partial charge in [0.25, 0.3) is 5.91 Å². The van der Waals surface area contributed by atoms with Crippen LogP contribution in [0.5, 0.6) is 5.75 Å². The molecule has 0 saturated heterocycles. The first-order valence-electron chi connectivity index (χ1n) is 8.06. The number of ether oxygens (including phenoxy) is 1. The van der Waals surface area contributed by atoms with E-state index in [0.717, 1.165) is 13.1 Å². The fraction of sp³-hybridized carbons (Fsp3) is 0.211. The number of carbonyl (C=O) groups is 1. The van der Waals surface area contributed by atoms with Crippen LogP contribution in [0.1, 0.15) is 9.75 Å². The Balaban J connectivity index is 1.67. The lowest BCUT2D eigenvalue weighted by Gasteiger charge is -2.18. The number of anilines is 1. The predicted octanol–water partition coefficient (Wildman–Crippen LogP) is 3.04. The van der Waals surface area contributed by atoms with E-state index in [-0.39, 0.29) is 5.91 Å². The molecule has 3 aromatic rings. The number of nitrogens with one attached hydrogen (secondary N) is 2. The Morgan fingerprint density at radius 2 is 1.64 bits per heavy atom. The quantitative estimate of drug-likeness (QED) is 0.637. The number of quaternary nitrogens is 1. The van der Waals surface area contributed by atoms with Crippen LogP contribution >= 0.6 is 22.7 Å². The zero-order valence-electron chi connectivity index (χ0n) is 14.0. The summed E-state index contributed by atoms with van der Waals surface area (Å²) >= 11 is 3.46. The molecule has 0 spiro atoms. The molecule has 0 atom stereocenters. The number of para-hydroxylation sites is 2. The molecule has 4 nitrogen and oxygen atoms in total. The van der Waals surface area contributed by atoms with Gasteiger partial charge in [0.15, 0.2) is 6.54 Å². The summed E-state index contributed by atoms with van der Waals surface area (Å²) < 4.78 is 5.30. The van der Waals surface area contributed by atoms with Gasteiger partial charge in [-0.05, 0) is 35.0 Å². The highest BCUT2D eigenvalue weighted by Gasteiger charge is 2.18. The van der Waals surface area contributed by atoms with Crippen LogP contribution in [0.25, 0.3) is 0 Å². The number of hydrogen-bond acceptors (Lipinski definition) is 4. The van der Waals surface area contributed by atoms with Crippen molar-refractivity contribution in [3.05, 3.63) is 69.0 Å². The average Bonchev–Trinajstić information content (AvgIpc) is 3.29. The molecule has 1 aromatic carbocycles. The lowest BCUT2D eigenvalue weighted by atomic mass is 10.3. The summed E-state index contributed by atoms with van der Waals surface area (Å²) in [5, 5.41) is 7.13. The molecular formula is C19H21N2O2S2+. The molecule has 2 N–H and O–H groups in total. The molecule has 3 rings (SSSR count). The van der Waals surface area contributed by atoms with Gasteiger partial charge in [-0.3, -0.25) is 4.79 Å². The number of hydrogen-bond donors (Lipinski definition) is 2. The molecule has 1 amide bonds. The van der Waals surface area contributed by atoms with E-state index >= 15 is 0 Å². The van der Waals surface area contributed by atoms with Crippen LogP contribution in [0.2, 0.25) is 0 Å². The second-order valence-electron chi connectivity index (χ2n) is 5.69. The molecule has 25 heavy (non-hydrogen) atoms. The van der Waals surface area contributed by atoms with E-state index < -0.39 is 0 Å². The average molecular weight is 374 g/mol. The normalized spacial score (nSPS) is 10.8. The molecule has 0 aliphatic rings. The predicted molar refractivity (Wildman–Crippen MR) is 103 cm³/mol. The maximum Gasteiger partial charge on any atom is 0.279 e. The monoisotopic (exact) mass is 373 g/mol. The molecular weight excluding hydrogens is 352 g/mol. The zero-order chi connectivity index (χ0) is 17.5. The molecule has 0 aliphatic carbocycles. The van der Waals surface area contributed by atoms with Crippen LogP contribution in [-0.2, 0) is 17.9 Å². The van der Waals surface area contributed by atoms with E-state index in [1.165, 1.54) is 14.7 Å². The van der Waals surface area contributed by atoms with E-state index in [2.05, 4.69) is 40.3 Å². The smallest absolute Gasteiger partial charge is 0.279 e. The standard InChI is InChI=1S/C19H20N2O2S2/c1-23-18-9-3-2-8-17(18)20-19(22)14-21(12-15-6-4-10-24-15)13-16-7-5-11-25-16/h2-11H,12-14H2,1H3,(H,20,22)/p+1. The second-order valence-corrected chi connectivity index (χ2v) is 7.75. The Bertz CT molecular complexity index is 749. The van der Waals surface area contributed by atoms with Crippen molar-refractivity contribution >= 4 is 34.3 Å². The first-order chi connectivity index (χ1) is 12.2. The van der Waals surface area contributed by atoms with Crippen LogP contribution in [0, 0.1) is 0 Å². The molecule has 130 valence electrons. The number of carbonyl (C=O) groups excluding carboxylic acids is 1. The van der Waals surface area contributed by atoms with Crippen molar-refractivity contribution in [2.45, 2.75) is 13.1 Å². The molecule has 6 heteroatoms. The van der Waals surface area contributed by atoms with Crippen molar-refractivity contribution < 1.29 is 14.4 Å². The number of amides is 1. The molecule has 0 aliphatic heterocycles. The van der Waals surface area contributed by atoms with Crippen molar-refractivity contribution in [3.8, 4) is 5.75 Å². The topological polar surface area (TPSA) is 42.8 Å². The van der Waals surface area contributed by atoms with Crippen molar-refractivity contribution in [2.75, 3.05) is 19.0 Å². The minimum atomic E-state index is -0.00684. The van der Waals surface area contributed by atoms with Gasteiger partial charge in [0.1, 0.15) is 18.8 Å². The first kappa shape index (κ1) is 17.7. The second kappa shape index (κ2) is 8.80. The SMILES string of the molecule is COc1ccccc1NC(=O)C[NH+](Cc1cccs1)Cc1cccs1. The Hall–Kier alpha value is -2.15. The minimum Gasteiger partial charge on any atom is -0.495 e. The Kier molecular flexibility index (Phi) is 6.22. The van der Waals surface area contributed by atoms with Crippen LogP contribution in [0.15, 0.2) is 59.3 Å². The highest BCUT2D eigenvalue weighted by molar-refractivity contribution is 7.10. The van der Waals surface area contributed by atoms with E-state index in [9.17, 15) is 4.79 Å². The maximum absolute atomic E-state index is 12.6. The molecule has 0 fully saturated rings. The summed E-state index contributed by atoms with van der Waals surface area (Å²) in [6.45, 7) is 2.09. The third-order valence-electron chi connectivity index (χ3n) is 3.80. The third kappa shape index (κ3) is 5.16. The lowest BCUT2D eigenvalue weighted by molar-refractivity contribution is -0.918. The van der Waals surface area contributed by atoms with Gasteiger partial charge in [0, 0.05) is 0 Å². The molecule has 0 unspecified atom stereocenters. The maximum atomic E-state index is 12.6. The van der Waals surface area contributed by atoms with Crippen LogP contribution < -0.4 is 15.0 Å². The van der Waals surface area contributed by atoms with Crippen molar-refractivity contribution in [1.82, 2.24) is 0 Å². The summed E-state index contributed by atoms with van der Waals surface area (Å²) in [6, 6.07) is 15.8. The number of thiophene rings is 2. The van der Waals surface area contributed by atoms with Crippen LogP contribution in [0.3, 0.4) is 0 Å². The molecule has 0 bridgehead atoms. The zero-order valence-corrected chi connectivity index (χ0v) is 15.7.